The highest BCUT2D eigenvalue weighted by Gasteiger charge is 2.19. The number of unbranched alkanes of at least 4 members (excludes halogenated alkanes) is 28. The number of ether oxygens (including phenoxy) is 3. The Morgan fingerprint density at radius 3 is 0.891 bits per heavy atom. The maximum Gasteiger partial charge on any atom is 0.306 e. The van der Waals surface area contributed by atoms with Crippen molar-refractivity contribution in [2.75, 3.05) is 13.2 Å². The zero-order valence-electron chi connectivity index (χ0n) is 37.6. The highest BCUT2D eigenvalue weighted by molar-refractivity contribution is 5.71. The zero-order chi connectivity index (χ0) is 40.5. The lowest BCUT2D eigenvalue weighted by Gasteiger charge is -2.18. The normalized spacial score (nSPS) is 12.1. The summed E-state index contributed by atoms with van der Waals surface area (Å²) < 4.78 is 16.7. The summed E-state index contributed by atoms with van der Waals surface area (Å²) in [6.45, 7) is 11.3. The fourth-order valence-corrected chi connectivity index (χ4v) is 7.28. The first-order valence-corrected chi connectivity index (χ1v) is 24.2. The zero-order valence-corrected chi connectivity index (χ0v) is 37.6. The largest absolute Gasteiger partial charge is 0.462 e. The summed E-state index contributed by atoms with van der Waals surface area (Å²) >= 11 is 0. The van der Waals surface area contributed by atoms with Crippen LogP contribution in [0.5, 0.6) is 0 Å². The Kier molecular flexibility index (Phi) is 40.8. The molecule has 0 heterocycles. The van der Waals surface area contributed by atoms with E-state index in [1.165, 1.54) is 154 Å². The van der Waals surface area contributed by atoms with Gasteiger partial charge < -0.3 is 14.2 Å². The Morgan fingerprint density at radius 2 is 0.600 bits per heavy atom. The third kappa shape index (κ3) is 43.4. The summed E-state index contributed by atoms with van der Waals surface area (Å²) in [5, 5.41) is 0. The van der Waals surface area contributed by atoms with Gasteiger partial charge in [-0.25, -0.2) is 0 Å². The highest BCUT2D eigenvalue weighted by Crippen LogP contribution is 2.17. The molecule has 0 aliphatic heterocycles. The second-order valence-electron chi connectivity index (χ2n) is 17.7. The van der Waals surface area contributed by atoms with Gasteiger partial charge in [0.25, 0.3) is 0 Å². The van der Waals surface area contributed by atoms with Gasteiger partial charge in [-0.05, 0) is 31.1 Å². The van der Waals surface area contributed by atoms with E-state index in [-0.39, 0.29) is 31.1 Å². The molecule has 0 aromatic carbocycles. The van der Waals surface area contributed by atoms with Gasteiger partial charge in [0, 0.05) is 19.3 Å². The van der Waals surface area contributed by atoms with E-state index in [1.54, 1.807) is 0 Å². The molecule has 0 fully saturated rings. The number of carbonyl (C=O) groups is 3. The average Bonchev–Trinajstić information content (AvgIpc) is 3.15. The molecule has 0 aliphatic carbocycles. The van der Waals surface area contributed by atoms with Crippen molar-refractivity contribution < 1.29 is 28.6 Å². The van der Waals surface area contributed by atoms with Crippen LogP contribution in [0.3, 0.4) is 0 Å². The fraction of sp³-hybridized carbons (Fsp3) is 0.939. The number of rotatable bonds is 43. The Balaban J connectivity index is 4.25. The van der Waals surface area contributed by atoms with Crippen molar-refractivity contribution in [3.8, 4) is 0 Å². The van der Waals surface area contributed by atoms with E-state index in [1.807, 2.05) is 0 Å². The minimum Gasteiger partial charge on any atom is -0.462 e. The molecule has 0 amide bonds. The van der Waals surface area contributed by atoms with Crippen molar-refractivity contribution in [2.24, 2.45) is 11.8 Å². The Hall–Kier alpha value is -1.59. The van der Waals surface area contributed by atoms with E-state index in [0.29, 0.717) is 19.3 Å². The standard InChI is InChI=1S/C49H94O6/c1-6-7-8-9-10-11-16-21-24-31-36-41-49(52)55-46(43-54-48(51)40-35-30-26-25-28-33-38-45(4)5)42-53-47(50)39-34-29-23-20-18-15-13-12-14-17-19-22-27-32-37-44(2)3/h44-46H,6-43H2,1-5H3/t46-/m1/s1. The van der Waals surface area contributed by atoms with Gasteiger partial charge in [-0.2, -0.15) is 0 Å². The summed E-state index contributed by atoms with van der Waals surface area (Å²) in [6, 6.07) is 0. The Bertz CT molecular complexity index is 839. The van der Waals surface area contributed by atoms with E-state index in [0.717, 1.165) is 69.6 Å². The van der Waals surface area contributed by atoms with E-state index in [4.69, 9.17) is 14.2 Å². The summed E-state index contributed by atoms with van der Waals surface area (Å²) in [4.78, 5) is 37.7. The fourth-order valence-electron chi connectivity index (χ4n) is 7.28. The molecule has 326 valence electrons. The quantitative estimate of drug-likeness (QED) is 0.0348. The SMILES string of the molecule is CCCCCCCCCCCCCC(=O)O[C@H](COC(=O)CCCCCCCCCCCCCCCCC(C)C)COC(=O)CCCCCCCCC(C)C. The first-order valence-electron chi connectivity index (χ1n) is 24.2. The van der Waals surface area contributed by atoms with E-state index < -0.39 is 6.10 Å². The molecule has 0 bridgehead atoms. The van der Waals surface area contributed by atoms with Gasteiger partial charge in [0.15, 0.2) is 6.10 Å². The Labute approximate surface area is 342 Å². The maximum atomic E-state index is 12.7. The highest BCUT2D eigenvalue weighted by atomic mass is 16.6. The van der Waals surface area contributed by atoms with Crippen molar-refractivity contribution in [1.82, 2.24) is 0 Å². The average molecular weight is 779 g/mol. The van der Waals surface area contributed by atoms with Gasteiger partial charge in [0.05, 0.1) is 0 Å². The molecule has 6 heteroatoms. The van der Waals surface area contributed by atoms with Crippen LogP contribution in [0.15, 0.2) is 0 Å². The lowest BCUT2D eigenvalue weighted by atomic mass is 10.0. The molecule has 0 saturated carbocycles. The molecule has 0 saturated heterocycles. The minimum atomic E-state index is -0.760. The molecule has 0 rings (SSSR count). The number of carbonyl (C=O) groups excluding carboxylic acids is 3. The van der Waals surface area contributed by atoms with Crippen LogP contribution in [0.2, 0.25) is 0 Å². The van der Waals surface area contributed by atoms with Crippen molar-refractivity contribution in [3.05, 3.63) is 0 Å². The van der Waals surface area contributed by atoms with Gasteiger partial charge in [-0.15, -0.1) is 0 Å². The third-order valence-electron chi connectivity index (χ3n) is 11.0. The molecule has 0 radical (unpaired) electrons. The monoisotopic (exact) mass is 779 g/mol. The van der Waals surface area contributed by atoms with Crippen LogP contribution in [-0.2, 0) is 28.6 Å². The Morgan fingerprint density at radius 1 is 0.345 bits per heavy atom. The molecule has 1 atom stereocenters. The van der Waals surface area contributed by atoms with Gasteiger partial charge in [0.2, 0.25) is 0 Å². The van der Waals surface area contributed by atoms with Gasteiger partial charge in [-0.3, -0.25) is 14.4 Å². The number of hydrogen-bond acceptors (Lipinski definition) is 6. The first-order chi connectivity index (χ1) is 26.7. The number of esters is 3. The van der Waals surface area contributed by atoms with Gasteiger partial charge in [-0.1, -0.05) is 227 Å². The lowest BCUT2D eigenvalue weighted by Crippen LogP contribution is -2.30. The molecular formula is C49H94O6. The molecular weight excluding hydrogens is 685 g/mol. The van der Waals surface area contributed by atoms with Crippen molar-refractivity contribution in [1.29, 1.82) is 0 Å². The second-order valence-corrected chi connectivity index (χ2v) is 17.7. The molecule has 0 aromatic rings. The summed E-state index contributed by atoms with van der Waals surface area (Å²) in [7, 11) is 0. The van der Waals surface area contributed by atoms with Crippen LogP contribution < -0.4 is 0 Å². The predicted molar refractivity (Wildman–Crippen MR) is 233 cm³/mol. The molecule has 55 heavy (non-hydrogen) atoms. The van der Waals surface area contributed by atoms with Crippen molar-refractivity contribution in [3.63, 3.8) is 0 Å². The predicted octanol–water partition coefficient (Wildman–Crippen LogP) is 15.4. The van der Waals surface area contributed by atoms with Gasteiger partial charge >= 0.3 is 17.9 Å². The van der Waals surface area contributed by atoms with Crippen LogP contribution in [0.25, 0.3) is 0 Å². The summed E-state index contributed by atoms with van der Waals surface area (Å²) in [5.41, 5.74) is 0. The maximum absolute atomic E-state index is 12.7. The number of hydrogen-bond donors (Lipinski definition) is 0. The molecule has 0 spiro atoms. The first kappa shape index (κ1) is 53.4. The lowest BCUT2D eigenvalue weighted by molar-refractivity contribution is -0.167. The third-order valence-corrected chi connectivity index (χ3v) is 11.0. The van der Waals surface area contributed by atoms with E-state index >= 15 is 0 Å². The molecule has 0 aliphatic rings. The molecule has 0 unspecified atom stereocenters. The smallest absolute Gasteiger partial charge is 0.306 e. The summed E-state index contributed by atoms with van der Waals surface area (Å²) in [5.74, 6) is 0.750. The molecule has 6 nitrogen and oxygen atoms in total. The van der Waals surface area contributed by atoms with Crippen molar-refractivity contribution >= 4 is 17.9 Å². The second kappa shape index (κ2) is 42.0. The van der Waals surface area contributed by atoms with E-state index in [2.05, 4.69) is 34.6 Å². The van der Waals surface area contributed by atoms with Crippen LogP contribution in [0.4, 0.5) is 0 Å². The van der Waals surface area contributed by atoms with Crippen LogP contribution in [-0.4, -0.2) is 37.2 Å². The topological polar surface area (TPSA) is 78.9 Å². The van der Waals surface area contributed by atoms with Crippen molar-refractivity contribution in [2.45, 2.75) is 272 Å². The molecule has 0 aromatic heterocycles. The van der Waals surface area contributed by atoms with Crippen LogP contribution in [0, 0.1) is 11.8 Å². The van der Waals surface area contributed by atoms with E-state index in [9.17, 15) is 14.4 Å². The van der Waals surface area contributed by atoms with Crippen LogP contribution >= 0.6 is 0 Å². The van der Waals surface area contributed by atoms with Gasteiger partial charge in [0.1, 0.15) is 13.2 Å². The molecule has 0 N–H and O–H groups in total. The summed E-state index contributed by atoms with van der Waals surface area (Å²) in [6.07, 6.45) is 41.0. The minimum absolute atomic E-state index is 0.0649. The van der Waals surface area contributed by atoms with Crippen LogP contribution in [0.1, 0.15) is 266 Å².